The van der Waals surface area contributed by atoms with Crippen molar-refractivity contribution in [3.63, 3.8) is 0 Å². The molecule has 2 heterocycles. The van der Waals surface area contributed by atoms with E-state index in [0.29, 0.717) is 19.1 Å². The van der Waals surface area contributed by atoms with Gasteiger partial charge in [-0.1, -0.05) is 0 Å². The molecule has 5 nitrogen and oxygen atoms in total. The minimum Gasteiger partial charge on any atom is -0.381 e. The molecule has 3 aliphatic rings. The fraction of sp³-hybridized carbons (Fsp3) is 0.933. The minimum atomic E-state index is 0.0692. The molecule has 3 rings (SSSR count). The number of rotatable bonds is 4. The average Bonchev–Trinajstić information content (AvgIpc) is 3.13. The van der Waals surface area contributed by atoms with Crippen LogP contribution in [0.1, 0.15) is 26.2 Å². The van der Waals surface area contributed by atoms with Crippen LogP contribution in [-0.4, -0.2) is 62.5 Å². The number of nitrogens with zero attached hydrogens (tertiary/aromatic N) is 1. The van der Waals surface area contributed by atoms with Gasteiger partial charge in [0.2, 0.25) is 5.91 Å². The molecule has 0 N–H and O–H groups in total. The van der Waals surface area contributed by atoms with E-state index in [1.807, 2.05) is 6.92 Å². The second kappa shape index (κ2) is 6.41. The summed E-state index contributed by atoms with van der Waals surface area (Å²) >= 11 is 0. The summed E-state index contributed by atoms with van der Waals surface area (Å²) < 4.78 is 16.9. The van der Waals surface area contributed by atoms with Crippen LogP contribution < -0.4 is 0 Å². The molecule has 0 aromatic heterocycles. The van der Waals surface area contributed by atoms with Crippen LogP contribution in [0.5, 0.6) is 0 Å². The van der Waals surface area contributed by atoms with Crippen LogP contribution in [0.25, 0.3) is 0 Å². The lowest BCUT2D eigenvalue weighted by atomic mass is 10.0. The van der Waals surface area contributed by atoms with Gasteiger partial charge in [0.1, 0.15) is 0 Å². The van der Waals surface area contributed by atoms with Gasteiger partial charge >= 0.3 is 0 Å². The highest BCUT2D eigenvalue weighted by molar-refractivity contribution is 5.79. The van der Waals surface area contributed by atoms with Crippen LogP contribution >= 0.6 is 0 Å². The normalized spacial score (nSPS) is 37.1. The third-order valence-electron chi connectivity index (χ3n) is 4.82. The molecule has 0 aromatic carbocycles. The van der Waals surface area contributed by atoms with Crippen LogP contribution in [0.4, 0.5) is 0 Å². The summed E-state index contributed by atoms with van der Waals surface area (Å²) in [5, 5.41) is 0. The summed E-state index contributed by atoms with van der Waals surface area (Å²) in [7, 11) is 0. The van der Waals surface area contributed by atoms with Gasteiger partial charge < -0.3 is 19.1 Å². The molecule has 114 valence electrons. The zero-order valence-electron chi connectivity index (χ0n) is 12.3. The third-order valence-corrected chi connectivity index (χ3v) is 4.82. The quantitative estimate of drug-likeness (QED) is 0.774. The van der Waals surface area contributed by atoms with Crippen molar-refractivity contribution >= 4 is 5.91 Å². The summed E-state index contributed by atoms with van der Waals surface area (Å²) in [6.07, 6.45) is 3.18. The first kappa shape index (κ1) is 14.3. The lowest BCUT2D eigenvalue weighted by Gasteiger charge is -2.40. The lowest BCUT2D eigenvalue weighted by Crippen LogP contribution is -2.54. The molecule has 1 saturated carbocycles. The smallest absolute Gasteiger partial charge is 0.228 e. The second-order valence-corrected chi connectivity index (χ2v) is 5.99. The Morgan fingerprint density at radius 3 is 2.95 bits per heavy atom. The monoisotopic (exact) mass is 283 g/mol. The van der Waals surface area contributed by atoms with Gasteiger partial charge in [0.25, 0.3) is 0 Å². The highest BCUT2D eigenvalue weighted by Gasteiger charge is 2.45. The number of carbonyl (C=O) groups excluding carboxylic acids is 1. The maximum absolute atomic E-state index is 12.6. The van der Waals surface area contributed by atoms with E-state index in [2.05, 4.69) is 4.90 Å². The number of morpholine rings is 1. The van der Waals surface area contributed by atoms with E-state index in [1.165, 1.54) is 0 Å². The van der Waals surface area contributed by atoms with Gasteiger partial charge in [0.05, 0.1) is 37.9 Å². The predicted molar refractivity (Wildman–Crippen MR) is 73.4 cm³/mol. The van der Waals surface area contributed by atoms with Crippen molar-refractivity contribution in [2.75, 3.05) is 39.6 Å². The van der Waals surface area contributed by atoms with E-state index < -0.39 is 0 Å². The van der Waals surface area contributed by atoms with E-state index in [9.17, 15) is 4.79 Å². The second-order valence-electron chi connectivity index (χ2n) is 5.99. The maximum atomic E-state index is 12.6. The summed E-state index contributed by atoms with van der Waals surface area (Å²) in [6, 6.07) is 0.252. The Bertz CT molecular complexity index is 343. The van der Waals surface area contributed by atoms with Crippen LogP contribution in [0.15, 0.2) is 0 Å². The molecular weight excluding hydrogens is 258 g/mol. The molecule has 2 saturated heterocycles. The molecule has 0 aromatic rings. The summed E-state index contributed by atoms with van der Waals surface area (Å²) in [5.41, 5.74) is 0. The fourth-order valence-corrected chi connectivity index (χ4v) is 3.75. The Kier molecular flexibility index (Phi) is 4.58. The first-order valence-corrected chi connectivity index (χ1v) is 7.88. The van der Waals surface area contributed by atoms with Gasteiger partial charge in [-0.05, 0) is 26.2 Å². The molecule has 0 spiro atoms. The average molecular weight is 283 g/mol. The Morgan fingerprint density at radius 2 is 2.20 bits per heavy atom. The van der Waals surface area contributed by atoms with E-state index in [0.717, 1.165) is 45.6 Å². The molecule has 3 fully saturated rings. The van der Waals surface area contributed by atoms with Gasteiger partial charge in [-0.3, -0.25) is 4.79 Å². The van der Waals surface area contributed by atoms with Gasteiger partial charge in [-0.15, -0.1) is 0 Å². The zero-order valence-corrected chi connectivity index (χ0v) is 12.3. The van der Waals surface area contributed by atoms with Crippen molar-refractivity contribution in [1.29, 1.82) is 0 Å². The number of hydrogen-bond acceptors (Lipinski definition) is 4. The maximum Gasteiger partial charge on any atom is 0.228 e. The Balaban J connectivity index is 1.63. The Labute approximate surface area is 120 Å². The number of fused-ring (bicyclic) bond motifs is 1. The predicted octanol–water partition coefficient (Wildman–Crippen LogP) is 1.07. The van der Waals surface area contributed by atoms with Crippen LogP contribution in [-0.2, 0) is 19.0 Å². The summed E-state index contributed by atoms with van der Waals surface area (Å²) in [4.78, 5) is 14.7. The first-order valence-electron chi connectivity index (χ1n) is 7.88. The number of amides is 1. The molecule has 0 radical (unpaired) electrons. The third kappa shape index (κ3) is 2.71. The highest BCUT2D eigenvalue weighted by atomic mass is 16.5. The largest absolute Gasteiger partial charge is 0.381 e. The number of hydrogen-bond donors (Lipinski definition) is 0. The van der Waals surface area contributed by atoms with Gasteiger partial charge in [0.15, 0.2) is 0 Å². The van der Waals surface area contributed by atoms with Crippen molar-refractivity contribution in [2.24, 2.45) is 11.8 Å². The van der Waals surface area contributed by atoms with Crippen LogP contribution in [0.2, 0.25) is 0 Å². The van der Waals surface area contributed by atoms with E-state index in [1.54, 1.807) is 0 Å². The molecule has 0 bridgehead atoms. The molecule has 20 heavy (non-hydrogen) atoms. The van der Waals surface area contributed by atoms with Crippen molar-refractivity contribution in [3.05, 3.63) is 0 Å². The lowest BCUT2D eigenvalue weighted by molar-refractivity contribution is -0.151. The molecule has 0 unspecified atom stereocenters. The van der Waals surface area contributed by atoms with Gasteiger partial charge in [-0.2, -0.15) is 0 Å². The number of carbonyl (C=O) groups is 1. The van der Waals surface area contributed by atoms with E-state index in [-0.39, 0.29) is 24.0 Å². The topological polar surface area (TPSA) is 48.0 Å². The van der Waals surface area contributed by atoms with Crippen molar-refractivity contribution < 1.29 is 19.0 Å². The molecule has 1 amide bonds. The zero-order chi connectivity index (χ0) is 13.9. The molecule has 1 aliphatic carbocycles. The highest BCUT2D eigenvalue weighted by Crippen LogP contribution is 2.36. The van der Waals surface area contributed by atoms with E-state index >= 15 is 0 Å². The van der Waals surface area contributed by atoms with Crippen LogP contribution in [0.3, 0.4) is 0 Å². The molecule has 4 atom stereocenters. The van der Waals surface area contributed by atoms with Crippen molar-refractivity contribution in [1.82, 2.24) is 4.90 Å². The minimum absolute atomic E-state index is 0.0692. The van der Waals surface area contributed by atoms with Gasteiger partial charge in [0, 0.05) is 25.7 Å². The van der Waals surface area contributed by atoms with Gasteiger partial charge in [-0.25, -0.2) is 0 Å². The van der Waals surface area contributed by atoms with E-state index in [4.69, 9.17) is 14.2 Å². The first-order chi connectivity index (χ1) is 9.81. The molecule has 2 aliphatic heterocycles. The number of ether oxygens (including phenoxy) is 3. The Morgan fingerprint density at radius 1 is 1.30 bits per heavy atom. The SMILES string of the molecule is CCOC[C@@H]1CC[C@@H]2[C@H]1OCCN2C(=O)[C@H]1CCOC1. The van der Waals surface area contributed by atoms with Crippen LogP contribution in [0, 0.1) is 11.8 Å². The standard InChI is InChI=1S/C15H25NO4/c1-2-18-9-11-3-4-13-14(11)20-8-6-16(13)15(17)12-5-7-19-10-12/h11-14H,2-10H2,1H3/t11-,12-,13+,14-/m0/s1. The van der Waals surface area contributed by atoms with Crippen molar-refractivity contribution in [2.45, 2.75) is 38.3 Å². The summed E-state index contributed by atoms with van der Waals surface area (Å²) in [6.45, 7) is 6.23. The molecular formula is C15H25NO4. The summed E-state index contributed by atoms with van der Waals surface area (Å²) in [5.74, 6) is 0.785. The van der Waals surface area contributed by atoms with Crippen molar-refractivity contribution in [3.8, 4) is 0 Å². The Hall–Kier alpha value is -0.650. The fourth-order valence-electron chi connectivity index (χ4n) is 3.75. The molecule has 5 heteroatoms.